The monoisotopic (exact) mass is 460 g/mol. The van der Waals surface area contributed by atoms with Crippen LogP contribution < -0.4 is 24.7 Å². The van der Waals surface area contributed by atoms with E-state index >= 15 is 0 Å². The van der Waals surface area contributed by atoms with Crippen molar-refractivity contribution in [2.75, 3.05) is 13.7 Å². The average Bonchev–Trinajstić information content (AvgIpc) is 2.83. The van der Waals surface area contributed by atoms with Gasteiger partial charge in [-0.15, -0.1) is 0 Å². The van der Waals surface area contributed by atoms with Gasteiger partial charge in [0.1, 0.15) is 29.0 Å². The van der Waals surface area contributed by atoms with Crippen molar-refractivity contribution in [3.63, 3.8) is 0 Å². The van der Waals surface area contributed by atoms with Crippen molar-refractivity contribution in [2.45, 2.75) is 12.8 Å². The molecule has 4 rings (SSSR count). The molecule has 0 amide bonds. The highest BCUT2D eigenvalue weighted by atomic mass is 19.1. The first kappa shape index (κ1) is 22.7. The van der Waals surface area contributed by atoms with E-state index in [-0.39, 0.29) is 22.8 Å². The van der Waals surface area contributed by atoms with Gasteiger partial charge in [-0.2, -0.15) is 5.26 Å². The van der Waals surface area contributed by atoms with Crippen molar-refractivity contribution in [3.8, 4) is 29.1 Å². The van der Waals surface area contributed by atoms with Crippen molar-refractivity contribution >= 4 is 5.97 Å². The van der Waals surface area contributed by atoms with Gasteiger partial charge in [-0.3, -0.25) is 0 Å². The Morgan fingerprint density at radius 1 is 1.15 bits per heavy atom. The molecule has 8 heteroatoms. The molecule has 3 aromatic carbocycles. The van der Waals surface area contributed by atoms with Crippen LogP contribution in [-0.4, -0.2) is 19.7 Å². The summed E-state index contributed by atoms with van der Waals surface area (Å²) in [4.78, 5) is 12.4. The molecule has 1 heterocycles. The van der Waals surface area contributed by atoms with Gasteiger partial charge in [-0.05, 0) is 42.8 Å². The van der Waals surface area contributed by atoms with Gasteiger partial charge in [0.05, 0.1) is 25.2 Å². The van der Waals surface area contributed by atoms with E-state index in [9.17, 15) is 14.4 Å². The number of rotatable bonds is 6. The van der Waals surface area contributed by atoms with Crippen LogP contribution in [0.3, 0.4) is 0 Å². The molecular formula is C26H21FN2O5. The number of methoxy groups -OCH3 is 1. The lowest BCUT2D eigenvalue weighted by molar-refractivity contribution is 0.0729. The first-order valence-electron chi connectivity index (χ1n) is 10.5. The zero-order valence-corrected chi connectivity index (χ0v) is 18.5. The minimum atomic E-state index is -0.845. The summed E-state index contributed by atoms with van der Waals surface area (Å²) in [5.74, 6) is -0.595. The number of allylic oxidation sites excluding steroid dienone is 1. The second kappa shape index (κ2) is 9.55. The smallest absolute Gasteiger partial charge is 0.346 e. The minimum Gasteiger partial charge on any atom is -0.493 e. The summed E-state index contributed by atoms with van der Waals surface area (Å²) in [5.41, 5.74) is 7.49. The highest BCUT2D eigenvalue weighted by Gasteiger charge is 2.32. The number of fused-ring (bicyclic) bond motifs is 1. The number of halogens is 1. The summed E-state index contributed by atoms with van der Waals surface area (Å²) in [6.07, 6.45) is 0. The van der Waals surface area contributed by atoms with Crippen LogP contribution in [0.15, 0.2) is 72.1 Å². The third kappa shape index (κ3) is 4.24. The second-order valence-electron chi connectivity index (χ2n) is 7.34. The fraction of sp³-hybridized carbons (Fsp3) is 0.154. The summed E-state index contributed by atoms with van der Waals surface area (Å²) in [6, 6.07) is 17.7. The van der Waals surface area contributed by atoms with Crippen molar-refractivity contribution in [3.05, 3.63) is 94.6 Å². The topological polar surface area (TPSA) is 104 Å². The first-order valence-corrected chi connectivity index (χ1v) is 10.5. The molecule has 172 valence electrons. The number of esters is 1. The molecule has 0 aliphatic carbocycles. The lowest BCUT2D eigenvalue weighted by Gasteiger charge is -2.27. The van der Waals surface area contributed by atoms with Crippen molar-refractivity contribution in [2.24, 2.45) is 5.73 Å². The maximum Gasteiger partial charge on any atom is 0.346 e. The molecule has 1 aliphatic heterocycles. The number of benzene rings is 3. The number of nitriles is 1. The number of hydrogen-bond donors (Lipinski definition) is 1. The Balaban J connectivity index is 1.72. The third-order valence-electron chi connectivity index (χ3n) is 5.32. The number of nitrogens with two attached hydrogens (primary N) is 1. The van der Waals surface area contributed by atoms with E-state index in [1.54, 1.807) is 30.3 Å². The van der Waals surface area contributed by atoms with Gasteiger partial charge in [-0.1, -0.05) is 24.3 Å². The second-order valence-corrected chi connectivity index (χ2v) is 7.34. The molecule has 7 nitrogen and oxygen atoms in total. The predicted molar refractivity (Wildman–Crippen MR) is 121 cm³/mol. The predicted octanol–water partition coefficient (Wildman–Crippen LogP) is 4.67. The molecule has 0 radical (unpaired) electrons. The number of carbonyl (C=O) groups is 1. The van der Waals surface area contributed by atoms with Crippen molar-refractivity contribution in [1.82, 2.24) is 0 Å². The van der Waals surface area contributed by atoms with E-state index in [0.717, 1.165) is 5.56 Å². The van der Waals surface area contributed by atoms with Crippen LogP contribution in [0.4, 0.5) is 4.39 Å². The van der Waals surface area contributed by atoms with E-state index in [1.807, 2.05) is 13.0 Å². The Morgan fingerprint density at radius 3 is 2.65 bits per heavy atom. The van der Waals surface area contributed by atoms with E-state index < -0.39 is 17.7 Å². The summed E-state index contributed by atoms with van der Waals surface area (Å²) in [7, 11) is 1.53. The summed E-state index contributed by atoms with van der Waals surface area (Å²) in [5, 5.41) is 9.78. The zero-order chi connectivity index (χ0) is 24.2. The molecule has 0 saturated carbocycles. The quantitative estimate of drug-likeness (QED) is 0.421. The SMILES string of the molecule is CCOc1ccc(C2C(C#N)=C(N)Oc3cc(OC(=O)c4ccccc4F)ccc32)cc1OC. The molecule has 2 N–H and O–H groups in total. The molecule has 1 unspecified atom stereocenters. The molecule has 0 fully saturated rings. The molecule has 0 spiro atoms. The number of nitrogens with zero attached hydrogens (tertiary/aromatic N) is 1. The molecule has 3 aromatic rings. The highest BCUT2D eigenvalue weighted by molar-refractivity contribution is 5.91. The Labute approximate surface area is 195 Å². The highest BCUT2D eigenvalue weighted by Crippen LogP contribution is 2.45. The van der Waals surface area contributed by atoms with Crippen molar-refractivity contribution in [1.29, 1.82) is 5.26 Å². The van der Waals surface area contributed by atoms with Gasteiger partial charge >= 0.3 is 5.97 Å². The Bertz CT molecular complexity index is 1330. The molecule has 1 aliphatic rings. The van der Waals surface area contributed by atoms with Gasteiger partial charge in [0, 0.05) is 11.6 Å². The maximum absolute atomic E-state index is 13.9. The lowest BCUT2D eigenvalue weighted by atomic mass is 9.83. The summed E-state index contributed by atoms with van der Waals surface area (Å²) in [6.45, 7) is 2.34. The summed E-state index contributed by atoms with van der Waals surface area (Å²) >= 11 is 0. The van der Waals surface area contributed by atoms with Crippen LogP contribution in [0.25, 0.3) is 0 Å². The Kier molecular flexibility index (Phi) is 6.37. The number of hydrogen-bond acceptors (Lipinski definition) is 7. The van der Waals surface area contributed by atoms with Gasteiger partial charge < -0.3 is 24.7 Å². The largest absolute Gasteiger partial charge is 0.493 e. The van der Waals surface area contributed by atoms with Crippen molar-refractivity contribution < 1.29 is 28.1 Å². The standard InChI is InChI=1S/C26H21FN2O5/c1-3-32-21-11-8-15(12-23(21)31-2)24-18-10-9-16(13-22(18)34-25(29)19(24)14-28)33-26(30)17-6-4-5-7-20(17)27/h4-13,24H,3,29H2,1-2H3. The fourth-order valence-corrected chi connectivity index (χ4v) is 3.77. The van der Waals surface area contributed by atoms with Crippen LogP contribution in [0.1, 0.15) is 34.3 Å². The molecule has 1 atom stereocenters. The maximum atomic E-state index is 13.9. The third-order valence-corrected chi connectivity index (χ3v) is 5.32. The molecule has 0 saturated heterocycles. The van der Waals surface area contributed by atoms with Crippen LogP contribution in [0.2, 0.25) is 0 Å². The van der Waals surface area contributed by atoms with Crippen LogP contribution in [0, 0.1) is 17.1 Å². The van der Waals surface area contributed by atoms with Crippen LogP contribution >= 0.6 is 0 Å². The zero-order valence-electron chi connectivity index (χ0n) is 18.5. The molecule has 0 aromatic heterocycles. The molecule has 34 heavy (non-hydrogen) atoms. The van der Waals surface area contributed by atoms with Gasteiger partial charge in [0.25, 0.3) is 0 Å². The summed E-state index contributed by atoms with van der Waals surface area (Å²) < 4.78 is 36.0. The average molecular weight is 460 g/mol. The van der Waals surface area contributed by atoms with Gasteiger partial charge in [-0.25, -0.2) is 9.18 Å². The molecular weight excluding hydrogens is 439 g/mol. The minimum absolute atomic E-state index is 0.0644. The van der Waals surface area contributed by atoms with E-state index in [2.05, 4.69) is 6.07 Å². The molecule has 0 bridgehead atoms. The van der Waals surface area contributed by atoms with Crippen LogP contribution in [0.5, 0.6) is 23.0 Å². The van der Waals surface area contributed by atoms with Gasteiger partial charge in [0.2, 0.25) is 5.88 Å². The van der Waals surface area contributed by atoms with E-state index in [0.29, 0.717) is 29.4 Å². The van der Waals surface area contributed by atoms with Gasteiger partial charge in [0.15, 0.2) is 11.5 Å². The number of ether oxygens (including phenoxy) is 4. The van der Waals surface area contributed by atoms with Crippen LogP contribution in [-0.2, 0) is 0 Å². The fourth-order valence-electron chi connectivity index (χ4n) is 3.77. The first-order chi connectivity index (χ1) is 16.5. The normalized spacial score (nSPS) is 14.5. The Hall–Kier alpha value is -4.51. The Morgan fingerprint density at radius 2 is 1.94 bits per heavy atom. The van der Waals surface area contributed by atoms with E-state index in [4.69, 9.17) is 24.7 Å². The number of carbonyl (C=O) groups excluding carboxylic acids is 1. The van der Waals surface area contributed by atoms with E-state index in [1.165, 1.54) is 31.4 Å². The lowest BCUT2D eigenvalue weighted by Crippen LogP contribution is -2.21.